The molecular formula is C18H17F5N2O3S2. The van der Waals surface area contributed by atoms with Gasteiger partial charge in [0.2, 0.25) is 0 Å². The molecule has 0 aliphatic carbocycles. The third kappa shape index (κ3) is 5.05. The number of carbonyl (C=O) groups excluding carboxylic acids is 1. The number of thiophene rings is 1. The molecule has 2 aromatic rings. The summed E-state index contributed by atoms with van der Waals surface area (Å²) in [6.07, 6.45) is -4.84. The van der Waals surface area contributed by atoms with Gasteiger partial charge < -0.3 is 5.32 Å². The van der Waals surface area contributed by atoms with E-state index in [2.05, 4.69) is 11.9 Å². The van der Waals surface area contributed by atoms with Crippen LogP contribution in [0, 0.1) is 18.6 Å². The number of benzene rings is 1. The molecule has 5 nitrogen and oxygen atoms in total. The van der Waals surface area contributed by atoms with Gasteiger partial charge in [0.15, 0.2) is 11.6 Å². The van der Waals surface area contributed by atoms with Crippen molar-refractivity contribution in [2.24, 2.45) is 0 Å². The Balaban J connectivity index is 2.25. The third-order valence-electron chi connectivity index (χ3n) is 4.04. The summed E-state index contributed by atoms with van der Waals surface area (Å²) in [6, 6.07) is 3.78. The minimum Gasteiger partial charge on any atom is -0.322 e. The van der Waals surface area contributed by atoms with Gasteiger partial charge in [-0.1, -0.05) is 6.58 Å². The predicted octanol–water partition coefficient (Wildman–Crippen LogP) is 4.35. The Kier molecular flexibility index (Phi) is 6.45. The predicted molar refractivity (Wildman–Crippen MR) is 102 cm³/mol. The first-order valence-electron chi connectivity index (χ1n) is 8.22. The first kappa shape index (κ1) is 24.0. The van der Waals surface area contributed by atoms with Gasteiger partial charge in [0.25, 0.3) is 15.9 Å². The number of carbonyl (C=O) groups is 1. The van der Waals surface area contributed by atoms with Crippen molar-refractivity contribution in [2.45, 2.75) is 36.7 Å². The molecule has 2 rings (SSSR count). The lowest BCUT2D eigenvalue weighted by Gasteiger charge is -2.28. The molecule has 0 atom stereocenters. The lowest BCUT2D eigenvalue weighted by molar-refractivity contribution is -0.180. The SMILES string of the molecule is C=C(NC(=O)c1cc(S(=O)(=O)NC(C)(C)C(F)(F)F)sc1C)c1ccc(F)c(F)c1. The molecule has 164 valence electrons. The maximum absolute atomic E-state index is 13.3. The van der Waals surface area contributed by atoms with Crippen LogP contribution in [-0.4, -0.2) is 26.0 Å². The van der Waals surface area contributed by atoms with Crippen molar-refractivity contribution in [3.05, 3.63) is 58.5 Å². The molecule has 0 radical (unpaired) electrons. The van der Waals surface area contributed by atoms with Crippen LogP contribution in [0.1, 0.15) is 34.6 Å². The van der Waals surface area contributed by atoms with Crippen LogP contribution < -0.4 is 10.0 Å². The van der Waals surface area contributed by atoms with E-state index in [1.807, 2.05) is 0 Å². The van der Waals surface area contributed by atoms with Crippen molar-refractivity contribution in [1.29, 1.82) is 0 Å². The number of rotatable bonds is 6. The van der Waals surface area contributed by atoms with Gasteiger partial charge in [-0.2, -0.15) is 17.9 Å². The minimum absolute atomic E-state index is 0.0785. The Morgan fingerprint density at radius 2 is 1.70 bits per heavy atom. The van der Waals surface area contributed by atoms with Gasteiger partial charge in [0, 0.05) is 16.1 Å². The second kappa shape index (κ2) is 8.08. The molecule has 12 heteroatoms. The number of nitrogens with one attached hydrogen (secondary N) is 2. The quantitative estimate of drug-likeness (QED) is 0.619. The molecule has 1 heterocycles. The molecule has 0 aliphatic heterocycles. The number of sulfonamides is 1. The number of halogens is 5. The largest absolute Gasteiger partial charge is 0.407 e. The van der Waals surface area contributed by atoms with Crippen LogP contribution in [-0.2, 0) is 10.0 Å². The van der Waals surface area contributed by atoms with Gasteiger partial charge in [0.05, 0.1) is 5.56 Å². The van der Waals surface area contributed by atoms with Crippen LogP contribution in [0.2, 0.25) is 0 Å². The molecule has 1 aromatic carbocycles. The average Bonchev–Trinajstić information content (AvgIpc) is 2.98. The van der Waals surface area contributed by atoms with Gasteiger partial charge in [-0.25, -0.2) is 17.2 Å². The second-order valence-electron chi connectivity index (χ2n) is 6.83. The highest BCUT2D eigenvalue weighted by atomic mass is 32.2. The zero-order chi connectivity index (χ0) is 23.1. The molecule has 30 heavy (non-hydrogen) atoms. The maximum atomic E-state index is 13.3. The van der Waals surface area contributed by atoms with E-state index in [1.54, 1.807) is 4.72 Å². The molecule has 0 bridgehead atoms. The zero-order valence-corrected chi connectivity index (χ0v) is 17.6. The van der Waals surface area contributed by atoms with Gasteiger partial charge in [-0.15, -0.1) is 11.3 Å². The van der Waals surface area contributed by atoms with E-state index in [9.17, 15) is 35.2 Å². The summed E-state index contributed by atoms with van der Waals surface area (Å²) in [5, 5.41) is 2.33. The highest BCUT2D eigenvalue weighted by molar-refractivity contribution is 7.91. The van der Waals surface area contributed by atoms with E-state index in [1.165, 1.54) is 13.0 Å². The zero-order valence-electron chi connectivity index (χ0n) is 15.9. The van der Waals surface area contributed by atoms with Crippen LogP contribution in [0.15, 0.2) is 35.1 Å². The van der Waals surface area contributed by atoms with Gasteiger partial charge >= 0.3 is 6.18 Å². The Morgan fingerprint density at radius 3 is 2.23 bits per heavy atom. The molecule has 0 unspecified atom stereocenters. The summed E-state index contributed by atoms with van der Waals surface area (Å²) in [6.45, 7) is 6.30. The first-order valence-corrected chi connectivity index (χ1v) is 10.5. The van der Waals surface area contributed by atoms with Crippen LogP contribution in [0.25, 0.3) is 5.70 Å². The fourth-order valence-corrected chi connectivity index (χ4v) is 5.06. The Hall–Kier alpha value is -2.31. The summed E-state index contributed by atoms with van der Waals surface area (Å²) in [4.78, 5) is 12.7. The summed E-state index contributed by atoms with van der Waals surface area (Å²) in [5.74, 6) is -3.05. The van der Waals surface area contributed by atoms with Crippen molar-refractivity contribution in [1.82, 2.24) is 10.0 Å². The van der Waals surface area contributed by atoms with Gasteiger partial charge in [-0.3, -0.25) is 4.79 Å². The number of amides is 1. The molecule has 1 aromatic heterocycles. The summed E-state index contributed by atoms with van der Waals surface area (Å²) >= 11 is 0.610. The highest BCUT2D eigenvalue weighted by Gasteiger charge is 2.50. The molecular weight excluding hydrogens is 451 g/mol. The first-order chi connectivity index (χ1) is 13.5. The lowest BCUT2D eigenvalue weighted by Crippen LogP contribution is -2.53. The van der Waals surface area contributed by atoms with Crippen LogP contribution >= 0.6 is 11.3 Å². The van der Waals surface area contributed by atoms with Crippen LogP contribution in [0.3, 0.4) is 0 Å². The third-order valence-corrected chi connectivity index (χ3v) is 7.22. The smallest absolute Gasteiger partial charge is 0.322 e. The molecule has 2 N–H and O–H groups in total. The highest BCUT2D eigenvalue weighted by Crippen LogP contribution is 2.33. The molecule has 1 amide bonds. The fraction of sp³-hybridized carbons (Fsp3) is 0.278. The van der Waals surface area contributed by atoms with Crippen molar-refractivity contribution in [3.8, 4) is 0 Å². The van der Waals surface area contributed by atoms with Crippen LogP contribution in [0.4, 0.5) is 22.0 Å². The second-order valence-corrected chi connectivity index (χ2v) is 9.99. The van der Waals surface area contributed by atoms with Crippen LogP contribution in [0.5, 0.6) is 0 Å². The number of alkyl halides is 3. The number of hydrogen-bond donors (Lipinski definition) is 2. The normalized spacial score (nSPS) is 12.7. The van der Waals surface area contributed by atoms with Crippen molar-refractivity contribution >= 4 is 33.0 Å². The number of aryl methyl sites for hydroxylation is 1. The lowest BCUT2D eigenvalue weighted by atomic mass is 10.1. The fourth-order valence-electron chi connectivity index (χ4n) is 2.22. The minimum atomic E-state index is -4.84. The Labute approximate surface area is 173 Å². The van der Waals surface area contributed by atoms with E-state index in [4.69, 9.17) is 0 Å². The molecule has 0 aliphatic rings. The standard InChI is InChI=1S/C18H17F5N2O3S2/c1-9(11-5-6-13(19)14(20)7-11)24-16(26)12-8-15(29-10(12)2)30(27,28)25-17(3,4)18(21,22)23/h5-8,25H,1H2,2-4H3,(H,24,26). The molecule has 0 fully saturated rings. The average molecular weight is 468 g/mol. The summed E-state index contributed by atoms with van der Waals surface area (Å²) in [5.41, 5.74) is -2.84. The number of hydrogen-bond acceptors (Lipinski definition) is 4. The molecule has 0 saturated heterocycles. The topological polar surface area (TPSA) is 75.3 Å². The van der Waals surface area contributed by atoms with Gasteiger partial charge in [0.1, 0.15) is 9.75 Å². The van der Waals surface area contributed by atoms with E-state index < -0.39 is 43.5 Å². The Bertz CT molecular complexity index is 1110. The van der Waals surface area contributed by atoms with Crippen molar-refractivity contribution in [3.63, 3.8) is 0 Å². The maximum Gasteiger partial charge on any atom is 0.407 e. The summed E-state index contributed by atoms with van der Waals surface area (Å²) < 4.78 is 91.2. The summed E-state index contributed by atoms with van der Waals surface area (Å²) in [7, 11) is -4.57. The van der Waals surface area contributed by atoms with E-state index in [-0.39, 0.29) is 21.7 Å². The van der Waals surface area contributed by atoms with Crippen molar-refractivity contribution < 1.29 is 35.2 Å². The van der Waals surface area contributed by atoms with E-state index in [0.29, 0.717) is 25.2 Å². The Morgan fingerprint density at radius 1 is 1.10 bits per heavy atom. The molecule has 0 spiro atoms. The monoisotopic (exact) mass is 468 g/mol. The van der Waals surface area contributed by atoms with Gasteiger partial charge in [-0.05, 0) is 45.0 Å². The van der Waals surface area contributed by atoms with E-state index in [0.717, 1.165) is 18.2 Å². The molecule has 0 saturated carbocycles. The van der Waals surface area contributed by atoms with Crippen molar-refractivity contribution in [2.75, 3.05) is 0 Å². The van der Waals surface area contributed by atoms with E-state index >= 15 is 0 Å².